The maximum absolute atomic E-state index is 12.4. The number of carboxylic acids is 1. The van der Waals surface area contributed by atoms with Gasteiger partial charge in [0.05, 0.1) is 5.41 Å². The van der Waals surface area contributed by atoms with Gasteiger partial charge in [-0.05, 0) is 91.1 Å². The first-order chi connectivity index (χ1) is 20.7. The summed E-state index contributed by atoms with van der Waals surface area (Å²) >= 11 is 0. The number of ketones is 1. The third kappa shape index (κ3) is 4.85. The summed E-state index contributed by atoms with van der Waals surface area (Å²) in [7, 11) is 0. The summed E-state index contributed by atoms with van der Waals surface area (Å²) < 4.78 is 6.86. The molecule has 4 N–H and O–H groups in total. The van der Waals surface area contributed by atoms with Crippen molar-refractivity contribution in [3.63, 3.8) is 0 Å². The number of benzene rings is 3. The predicted molar refractivity (Wildman–Crippen MR) is 171 cm³/mol. The summed E-state index contributed by atoms with van der Waals surface area (Å²) in [5.41, 5.74) is 10.6. The minimum absolute atomic E-state index is 0.0969. The summed E-state index contributed by atoms with van der Waals surface area (Å²) in [5.74, 6) is 6.34. The highest BCUT2D eigenvalue weighted by Crippen LogP contribution is 2.57. The van der Waals surface area contributed by atoms with Crippen molar-refractivity contribution < 1.29 is 19.4 Å². The molecule has 2 unspecified atom stereocenters. The van der Waals surface area contributed by atoms with Crippen molar-refractivity contribution >= 4 is 39.6 Å². The number of hydrogen-bond acceptors (Lipinski definition) is 5. The fraction of sp³-hybridized carbons (Fsp3) is 0.135. The van der Waals surface area contributed by atoms with E-state index in [-0.39, 0.29) is 11.4 Å². The van der Waals surface area contributed by atoms with Crippen LogP contribution in [0.1, 0.15) is 31.7 Å². The van der Waals surface area contributed by atoms with E-state index in [1.165, 1.54) is 6.08 Å². The Bertz CT molecular complexity index is 1940. The number of allylic oxidation sites excluding steroid dienone is 10. The summed E-state index contributed by atoms with van der Waals surface area (Å²) in [5, 5.41) is 15.4. The fourth-order valence-electron chi connectivity index (χ4n) is 6.06. The lowest BCUT2D eigenvalue weighted by atomic mass is 9.65. The van der Waals surface area contributed by atoms with E-state index in [9.17, 15) is 14.7 Å². The molecule has 0 saturated carbocycles. The second-order valence-corrected chi connectivity index (χ2v) is 11.0. The van der Waals surface area contributed by atoms with Crippen molar-refractivity contribution in [1.82, 2.24) is 0 Å². The Morgan fingerprint density at radius 1 is 1.14 bits per heavy atom. The predicted octanol–water partition coefficient (Wildman–Crippen LogP) is 7.52. The first-order valence-electron chi connectivity index (χ1n) is 14.0. The van der Waals surface area contributed by atoms with Crippen LogP contribution < -0.4 is 15.8 Å². The number of anilines is 3. The quantitative estimate of drug-likeness (QED) is 0.123. The lowest BCUT2D eigenvalue weighted by Crippen LogP contribution is -2.36. The van der Waals surface area contributed by atoms with Crippen molar-refractivity contribution in [3.8, 4) is 17.6 Å². The van der Waals surface area contributed by atoms with Gasteiger partial charge in [-0.3, -0.25) is 4.79 Å². The Kier molecular flexibility index (Phi) is 6.87. The molecule has 0 saturated heterocycles. The molecule has 43 heavy (non-hydrogen) atoms. The van der Waals surface area contributed by atoms with Gasteiger partial charge >= 0.3 is 5.97 Å². The average molecular weight is 567 g/mol. The largest absolute Gasteiger partial charge is 0.478 e. The van der Waals surface area contributed by atoms with E-state index in [0.29, 0.717) is 29.2 Å². The molecule has 3 aliphatic rings. The highest BCUT2D eigenvalue weighted by atomic mass is 16.5. The molecular formula is C37H30N2O4. The van der Waals surface area contributed by atoms with E-state index in [0.717, 1.165) is 38.9 Å². The number of aliphatic carboxylic acids is 1. The number of nitrogens with two attached hydrogens (primary N) is 1. The van der Waals surface area contributed by atoms with Crippen molar-refractivity contribution in [2.24, 2.45) is 5.41 Å². The van der Waals surface area contributed by atoms with E-state index in [2.05, 4.69) is 23.7 Å². The molecule has 3 aromatic carbocycles. The molecule has 6 rings (SSSR count). The fourth-order valence-corrected chi connectivity index (χ4v) is 6.06. The average Bonchev–Trinajstić information content (AvgIpc) is 3.13. The number of ether oxygens (including phenoxy) is 1. The first-order valence-corrected chi connectivity index (χ1v) is 14.0. The van der Waals surface area contributed by atoms with Crippen LogP contribution in [-0.2, 0) is 9.59 Å². The number of fused-ring (bicyclic) bond motifs is 5. The number of hydrogen-bond donors (Lipinski definition) is 3. The normalized spacial score (nSPS) is 20.9. The summed E-state index contributed by atoms with van der Waals surface area (Å²) in [6.45, 7) is 7.41. The smallest absolute Gasteiger partial charge is 0.331 e. The highest BCUT2D eigenvalue weighted by molar-refractivity contribution is 6.02. The van der Waals surface area contributed by atoms with Gasteiger partial charge in [0, 0.05) is 51.5 Å². The number of nitrogen functional groups attached to an aromatic ring is 1. The highest BCUT2D eigenvalue weighted by Gasteiger charge is 2.49. The standard InChI is InChI=1S/C37H30N2O4/c1-4-5-8-29(22(2)36(41)42)33-32-16-9-24-20-27(39-26-12-10-25(38)11-13-26)14-17-30(24)34(32)43-35-31-18-15-28(40)21-23(31)7-6-19-37(33,35)3/h4-5,8-18,20-21,33,39H,1,7,38H2,2-3H3,(H,41,42)/b8-5-,29-22-. The number of carbonyl (C=O) groups excluding carboxylic acids is 1. The molecule has 2 aliphatic carbocycles. The molecule has 1 heterocycles. The van der Waals surface area contributed by atoms with Crippen LogP contribution in [0, 0.1) is 17.3 Å². The Balaban J connectivity index is 1.60. The molecule has 0 radical (unpaired) electrons. The van der Waals surface area contributed by atoms with Crippen LogP contribution in [0.4, 0.5) is 17.1 Å². The molecule has 1 aliphatic heterocycles. The van der Waals surface area contributed by atoms with Gasteiger partial charge in [-0.1, -0.05) is 48.8 Å². The Hall–Kier alpha value is -5.54. The topological polar surface area (TPSA) is 102 Å². The zero-order chi connectivity index (χ0) is 30.3. The molecule has 6 nitrogen and oxygen atoms in total. The molecule has 212 valence electrons. The third-order valence-electron chi connectivity index (χ3n) is 8.19. The molecular weight excluding hydrogens is 536 g/mol. The van der Waals surface area contributed by atoms with Gasteiger partial charge in [0.1, 0.15) is 11.5 Å². The Labute approximate surface area is 250 Å². The summed E-state index contributed by atoms with van der Waals surface area (Å²) in [6.07, 6.45) is 10.5. The number of rotatable bonds is 6. The first kappa shape index (κ1) is 27.6. The van der Waals surface area contributed by atoms with Crippen LogP contribution in [-0.4, -0.2) is 16.9 Å². The maximum Gasteiger partial charge on any atom is 0.331 e. The van der Waals surface area contributed by atoms with E-state index in [1.54, 1.807) is 37.3 Å². The van der Waals surface area contributed by atoms with E-state index in [4.69, 9.17) is 10.5 Å². The molecule has 0 fully saturated rings. The third-order valence-corrected chi connectivity index (χ3v) is 8.19. The van der Waals surface area contributed by atoms with E-state index >= 15 is 0 Å². The number of nitrogens with one attached hydrogen (secondary N) is 1. The van der Waals surface area contributed by atoms with Crippen molar-refractivity contribution in [1.29, 1.82) is 0 Å². The molecule has 0 amide bonds. The molecule has 0 aromatic heterocycles. The van der Waals surface area contributed by atoms with Crippen molar-refractivity contribution in [3.05, 3.63) is 131 Å². The van der Waals surface area contributed by atoms with E-state index < -0.39 is 17.3 Å². The van der Waals surface area contributed by atoms with Crippen LogP contribution in [0.5, 0.6) is 5.75 Å². The number of carboxylic acid groups (broad SMARTS) is 1. The van der Waals surface area contributed by atoms with Gasteiger partial charge in [-0.15, -0.1) is 0 Å². The van der Waals surface area contributed by atoms with Gasteiger partial charge in [0.25, 0.3) is 0 Å². The van der Waals surface area contributed by atoms with Gasteiger partial charge in [0.2, 0.25) is 0 Å². The van der Waals surface area contributed by atoms with Crippen molar-refractivity contribution in [2.75, 3.05) is 11.1 Å². The molecule has 2 atom stereocenters. The number of carbonyl (C=O) groups is 2. The molecule has 0 bridgehead atoms. The minimum Gasteiger partial charge on any atom is -0.478 e. The minimum atomic E-state index is -1.01. The Morgan fingerprint density at radius 3 is 2.65 bits per heavy atom. The zero-order valence-corrected chi connectivity index (χ0v) is 23.9. The maximum atomic E-state index is 12.4. The van der Waals surface area contributed by atoms with Gasteiger partial charge in [-0.25, -0.2) is 4.79 Å². The summed E-state index contributed by atoms with van der Waals surface area (Å²) in [4.78, 5) is 24.7. The molecule has 6 heteroatoms. The zero-order valence-electron chi connectivity index (χ0n) is 23.9. The van der Waals surface area contributed by atoms with Crippen molar-refractivity contribution in [2.45, 2.75) is 26.2 Å². The monoisotopic (exact) mass is 566 g/mol. The van der Waals surface area contributed by atoms with Gasteiger partial charge in [-0.2, -0.15) is 0 Å². The van der Waals surface area contributed by atoms with Crippen LogP contribution in [0.25, 0.3) is 10.8 Å². The molecule has 0 spiro atoms. The van der Waals surface area contributed by atoms with Gasteiger partial charge in [0.15, 0.2) is 5.78 Å². The van der Waals surface area contributed by atoms with Crippen LogP contribution in [0.3, 0.4) is 0 Å². The Morgan fingerprint density at radius 2 is 1.91 bits per heavy atom. The SMILES string of the molecule is C=C/C=C\C(=C(/C)C(=O)O)C1c2ccc3cc(Nc4ccc(N)cc4)ccc3c2OC2=C3C=CC(=O)C=C3CC#CC21C. The van der Waals surface area contributed by atoms with Crippen LogP contribution in [0.2, 0.25) is 0 Å². The van der Waals surface area contributed by atoms with E-state index in [1.807, 2.05) is 61.5 Å². The van der Waals surface area contributed by atoms with Crippen LogP contribution in [0.15, 0.2) is 126 Å². The second kappa shape index (κ2) is 10.7. The second-order valence-electron chi connectivity index (χ2n) is 11.0. The molecule has 3 aromatic rings. The van der Waals surface area contributed by atoms with Crippen LogP contribution >= 0.6 is 0 Å². The van der Waals surface area contributed by atoms with Gasteiger partial charge < -0.3 is 20.9 Å². The lowest BCUT2D eigenvalue weighted by Gasteiger charge is -2.42. The summed E-state index contributed by atoms with van der Waals surface area (Å²) in [6, 6.07) is 17.6. The lowest BCUT2D eigenvalue weighted by molar-refractivity contribution is -0.132.